The molecule has 0 aromatic heterocycles. The number of hydrogen-bond acceptors (Lipinski definition) is 2. The van der Waals surface area contributed by atoms with Gasteiger partial charge in [-0.05, 0) is 44.2 Å². The Labute approximate surface area is 121 Å². The number of hydrogen-bond donors (Lipinski definition) is 2. The number of nitrogens with one attached hydrogen (secondary N) is 2. The molecule has 1 atom stereocenters. The van der Waals surface area contributed by atoms with E-state index < -0.39 is 11.7 Å². The second kappa shape index (κ2) is 6.34. The third kappa shape index (κ3) is 4.10. The van der Waals surface area contributed by atoms with Crippen molar-refractivity contribution in [1.29, 1.82) is 0 Å². The Hall–Kier alpha value is -1.76. The topological polar surface area (TPSA) is 44.4 Å². The van der Waals surface area contributed by atoms with E-state index in [2.05, 4.69) is 10.6 Å². The molecule has 0 spiro atoms. The number of nitrogens with zero attached hydrogens (tertiary/aromatic N) is 1. The minimum absolute atomic E-state index is 0.261. The fourth-order valence-corrected chi connectivity index (χ4v) is 2.34. The van der Waals surface area contributed by atoms with Crippen molar-refractivity contribution in [3.05, 3.63) is 29.8 Å². The molecule has 1 aromatic rings. The summed E-state index contributed by atoms with van der Waals surface area (Å²) in [6.45, 7) is 1.26. The molecule has 1 aliphatic heterocycles. The number of likely N-dealkylation sites (N-methyl/N-ethyl adjacent to an activating group) is 1. The number of amides is 2. The first-order valence-electron chi connectivity index (χ1n) is 6.80. The van der Waals surface area contributed by atoms with Gasteiger partial charge in [0.25, 0.3) is 0 Å². The summed E-state index contributed by atoms with van der Waals surface area (Å²) < 4.78 is 37.4. The number of alkyl halides is 3. The Kier molecular flexibility index (Phi) is 4.72. The highest BCUT2D eigenvalue weighted by molar-refractivity contribution is 5.89. The number of carbonyl (C=O) groups is 1. The zero-order valence-electron chi connectivity index (χ0n) is 11.7. The van der Waals surface area contributed by atoms with E-state index in [1.807, 2.05) is 7.05 Å². The van der Waals surface area contributed by atoms with Crippen LogP contribution in [0, 0.1) is 0 Å². The van der Waals surface area contributed by atoms with Gasteiger partial charge in [0.15, 0.2) is 0 Å². The van der Waals surface area contributed by atoms with Crippen molar-refractivity contribution in [1.82, 2.24) is 10.2 Å². The van der Waals surface area contributed by atoms with Crippen LogP contribution in [-0.2, 0) is 6.18 Å². The second-order valence-corrected chi connectivity index (χ2v) is 5.08. The summed E-state index contributed by atoms with van der Waals surface area (Å²) in [6, 6.07) is 4.43. The molecule has 1 aromatic carbocycles. The predicted molar refractivity (Wildman–Crippen MR) is 74.1 cm³/mol. The van der Waals surface area contributed by atoms with Gasteiger partial charge in [-0.2, -0.15) is 13.2 Å². The Morgan fingerprint density at radius 1 is 1.29 bits per heavy atom. The first-order valence-corrected chi connectivity index (χ1v) is 6.80. The van der Waals surface area contributed by atoms with Gasteiger partial charge in [0, 0.05) is 24.8 Å². The van der Waals surface area contributed by atoms with Gasteiger partial charge in [0.05, 0.1) is 5.56 Å². The molecule has 1 unspecified atom stereocenters. The Morgan fingerprint density at radius 2 is 1.95 bits per heavy atom. The summed E-state index contributed by atoms with van der Waals surface area (Å²) in [5, 5.41) is 5.76. The van der Waals surface area contributed by atoms with E-state index in [-0.39, 0.29) is 12.1 Å². The molecule has 0 bridgehead atoms. The van der Waals surface area contributed by atoms with E-state index in [0.29, 0.717) is 18.8 Å². The Morgan fingerprint density at radius 3 is 2.52 bits per heavy atom. The number of rotatable bonds is 2. The van der Waals surface area contributed by atoms with Crippen LogP contribution in [0.1, 0.15) is 18.4 Å². The Bertz CT molecular complexity index is 487. The average Bonchev–Trinajstić information content (AvgIpc) is 2.47. The highest BCUT2D eigenvalue weighted by Gasteiger charge is 2.30. The number of urea groups is 1. The SMILES string of the molecule is CNC1CCCN(C(=O)Nc2ccc(C(F)(F)F)cc2)C1. The molecule has 1 heterocycles. The molecule has 2 N–H and O–H groups in total. The second-order valence-electron chi connectivity index (χ2n) is 5.08. The van der Waals surface area contributed by atoms with Gasteiger partial charge in [-0.25, -0.2) is 4.79 Å². The maximum atomic E-state index is 12.5. The van der Waals surface area contributed by atoms with Crippen molar-refractivity contribution in [2.45, 2.75) is 25.1 Å². The molecule has 7 heteroatoms. The number of piperidine rings is 1. The molecule has 2 amide bonds. The molecule has 116 valence electrons. The zero-order chi connectivity index (χ0) is 15.5. The fraction of sp³-hybridized carbons (Fsp3) is 0.500. The lowest BCUT2D eigenvalue weighted by Crippen LogP contribution is -2.48. The third-order valence-corrected chi connectivity index (χ3v) is 3.58. The minimum atomic E-state index is -4.37. The van der Waals surface area contributed by atoms with Crippen LogP contribution in [0.4, 0.5) is 23.7 Å². The largest absolute Gasteiger partial charge is 0.416 e. The van der Waals surface area contributed by atoms with Gasteiger partial charge < -0.3 is 15.5 Å². The lowest BCUT2D eigenvalue weighted by atomic mass is 10.1. The molecule has 1 aliphatic rings. The van der Waals surface area contributed by atoms with E-state index in [4.69, 9.17) is 0 Å². The van der Waals surface area contributed by atoms with Gasteiger partial charge in [0.2, 0.25) is 0 Å². The number of halogens is 3. The van der Waals surface area contributed by atoms with Crippen molar-refractivity contribution in [3.63, 3.8) is 0 Å². The summed E-state index contributed by atoms with van der Waals surface area (Å²) in [5.41, 5.74) is -0.367. The Balaban J connectivity index is 1.96. The predicted octanol–water partition coefficient (Wildman–Crippen LogP) is 2.92. The molecule has 1 fully saturated rings. The van der Waals surface area contributed by atoms with Crippen LogP contribution in [0.2, 0.25) is 0 Å². The summed E-state index contributed by atoms with van der Waals surface area (Å²) in [6.07, 6.45) is -2.44. The van der Waals surface area contributed by atoms with Crippen molar-refractivity contribution in [2.24, 2.45) is 0 Å². The van der Waals surface area contributed by atoms with Crippen molar-refractivity contribution < 1.29 is 18.0 Å². The minimum Gasteiger partial charge on any atom is -0.323 e. The number of likely N-dealkylation sites (tertiary alicyclic amines) is 1. The molecular weight excluding hydrogens is 283 g/mol. The summed E-state index contributed by atoms with van der Waals surface area (Å²) >= 11 is 0. The van der Waals surface area contributed by atoms with Gasteiger partial charge >= 0.3 is 12.2 Å². The lowest BCUT2D eigenvalue weighted by molar-refractivity contribution is -0.137. The number of carbonyl (C=O) groups excluding carboxylic acids is 1. The van der Waals surface area contributed by atoms with E-state index >= 15 is 0 Å². The van der Waals surface area contributed by atoms with Crippen LogP contribution in [0.15, 0.2) is 24.3 Å². The maximum Gasteiger partial charge on any atom is 0.416 e. The van der Waals surface area contributed by atoms with Crippen molar-refractivity contribution in [2.75, 3.05) is 25.5 Å². The average molecular weight is 301 g/mol. The molecule has 0 radical (unpaired) electrons. The molecule has 4 nitrogen and oxygen atoms in total. The van der Waals surface area contributed by atoms with Gasteiger partial charge in [-0.3, -0.25) is 0 Å². The van der Waals surface area contributed by atoms with Gasteiger partial charge in [-0.15, -0.1) is 0 Å². The van der Waals surface area contributed by atoms with Crippen LogP contribution in [0.3, 0.4) is 0 Å². The normalized spacial score (nSPS) is 19.4. The fourth-order valence-electron chi connectivity index (χ4n) is 2.34. The molecule has 2 rings (SSSR count). The number of benzene rings is 1. The standard InChI is InChI=1S/C14H18F3N3O/c1-18-12-3-2-8-20(9-12)13(21)19-11-6-4-10(5-7-11)14(15,16)17/h4-7,12,18H,2-3,8-9H2,1H3,(H,19,21). The summed E-state index contributed by atoms with van der Waals surface area (Å²) in [7, 11) is 1.85. The monoisotopic (exact) mass is 301 g/mol. The van der Waals surface area contributed by atoms with Crippen LogP contribution in [-0.4, -0.2) is 37.1 Å². The van der Waals surface area contributed by atoms with Crippen LogP contribution in [0.5, 0.6) is 0 Å². The third-order valence-electron chi connectivity index (χ3n) is 3.58. The lowest BCUT2D eigenvalue weighted by Gasteiger charge is -2.32. The molecule has 21 heavy (non-hydrogen) atoms. The summed E-state index contributed by atoms with van der Waals surface area (Å²) in [5.74, 6) is 0. The molecule has 1 saturated heterocycles. The smallest absolute Gasteiger partial charge is 0.323 e. The van der Waals surface area contributed by atoms with E-state index in [1.165, 1.54) is 12.1 Å². The first-order chi connectivity index (χ1) is 9.90. The molecule has 0 aliphatic carbocycles. The van der Waals surface area contributed by atoms with E-state index in [9.17, 15) is 18.0 Å². The van der Waals surface area contributed by atoms with E-state index in [0.717, 1.165) is 25.0 Å². The highest BCUT2D eigenvalue weighted by Crippen LogP contribution is 2.29. The quantitative estimate of drug-likeness (QED) is 0.882. The molecular formula is C14H18F3N3O. The van der Waals surface area contributed by atoms with Crippen molar-refractivity contribution in [3.8, 4) is 0 Å². The van der Waals surface area contributed by atoms with Crippen LogP contribution in [0.25, 0.3) is 0 Å². The van der Waals surface area contributed by atoms with Gasteiger partial charge in [0.1, 0.15) is 0 Å². The molecule has 0 saturated carbocycles. The first kappa shape index (κ1) is 15.6. The summed E-state index contributed by atoms with van der Waals surface area (Å²) in [4.78, 5) is 13.7. The maximum absolute atomic E-state index is 12.5. The van der Waals surface area contributed by atoms with Crippen LogP contribution < -0.4 is 10.6 Å². The van der Waals surface area contributed by atoms with Crippen LogP contribution >= 0.6 is 0 Å². The number of anilines is 1. The van der Waals surface area contributed by atoms with E-state index in [1.54, 1.807) is 4.90 Å². The van der Waals surface area contributed by atoms with Crippen molar-refractivity contribution >= 4 is 11.7 Å². The zero-order valence-corrected chi connectivity index (χ0v) is 11.7. The van der Waals surface area contributed by atoms with Gasteiger partial charge in [-0.1, -0.05) is 0 Å². The highest BCUT2D eigenvalue weighted by atomic mass is 19.4.